The highest BCUT2D eigenvalue weighted by atomic mass is 16.6. The van der Waals surface area contributed by atoms with Crippen molar-refractivity contribution in [1.82, 2.24) is 20.1 Å². The zero-order valence-electron chi connectivity index (χ0n) is 11.0. The van der Waals surface area contributed by atoms with E-state index in [2.05, 4.69) is 15.2 Å². The second-order valence-corrected chi connectivity index (χ2v) is 4.32. The van der Waals surface area contributed by atoms with Crippen molar-refractivity contribution in [3.8, 4) is 0 Å². The van der Waals surface area contributed by atoms with Crippen molar-refractivity contribution in [3.63, 3.8) is 0 Å². The molecule has 0 unspecified atom stereocenters. The normalized spacial score (nSPS) is 10.3. The first-order valence-corrected chi connectivity index (χ1v) is 5.84. The number of aromatic amines is 1. The first-order valence-electron chi connectivity index (χ1n) is 5.84. The average Bonchev–Trinajstić information content (AvgIpc) is 2.90. The van der Waals surface area contributed by atoms with Crippen LogP contribution in [0.1, 0.15) is 21.7 Å². The summed E-state index contributed by atoms with van der Waals surface area (Å²) in [6.45, 7) is 1.87. The highest BCUT2D eigenvalue weighted by Crippen LogP contribution is 2.23. The number of hydrogen-bond donors (Lipinski definition) is 1. The summed E-state index contributed by atoms with van der Waals surface area (Å²) in [4.78, 5) is 28.1. The number of nitro groups is 1. The minimum Gasteiger partial charge on any atom is -0.334 e. The molecule has 104 valence electrons. The Labute approximate surface area is 114 Å². The molecular weight excluding hydrogens is 262 g/mol. The monoisotopic (exact) mass is 275 g/mol. The standard InChI is InChI=1S/C12H13N5O3/c1-8-4-3-5-9(17(19)20)11(8)12(18)16(2)6-10-13-7-14-15-10/h3-5,7H,6H2,1-2H3,(H,13,14,15). The smallest absolute Gasteiger partial charge is 0.282 e. The van der Waals surface area contributed by atoms with Crippen molar-refractivity contribution in [3.05, 3.63) is 51.6 Å². The molecule has 0 radical (unpaired) electrons. The quantitative estimate of drug-likeness (QED) is 0.668. The molecule has 1 amide bonds. The number of carbonyl (C=O) groups excluding carboxylic acids is 1. The molecule has 0 aliphatic heterocycles. The Bertz CT molecular complexity index is 639. The maximum Gasteiger partial charge on any atom is 0.282 e. The fourth-order valence-electron chi connectivity index (χ4n) is 1.88. The summed E-state index contributed by atoms with van der Waals surface area (Å²) < 4.78 is 0. The fourth-order valence-corrected chi connectivity index (χ4v) is 1.88. The molecule has 0 bridgehead atoms. The summed E-state index contributed by atoms with van der Waals surface area (Å²) in [5, 5.41) is 17.4. The molecule has 0 aliphatic rings. The number of nitrogens with one attached hydrogen (secondary N) is 1. The zero-order chi connectivity index (χ0) is 14.7. The van der Waals surface area contributed by atoms with Crippen molar-refractivity contribution in [2.24, 2.45) is 0 Å². The number of H-pyrrole nitrogens is 1. The molecule has 1 heterocycles. The molecular formula is C12H13N5O3. The van der Waals surface area contributed by atoms with Gasteiger partial charge in [0.2, 0.25) is 0 Å². The van der Waals surface area contributed by atoms with Crippen LogP contribution in [0.3, 0.4) is 0 Å². The van der Waals surface area contributed by atoms with E-state index >= 15 is 0 Å². The van der Waals surface area contributed by atoms with Crippen molar-refractivity contribution in [1.29, 1.82) is 0 Å². The molecule has 1 aromatic heterocycles. The predicted octanol–water partition coefficient (Wildman–Crippen LogP) is 1.29. The first-order chi connectivity index (χ1) is 9.50. The Balaban J connectivity index is 2.31. The topological polar surface area (TPSA) is 105 Å². The average molecular weight is 275 g/mol. The van der Waals surface area contributed by atoms with E-state index in [4.69, 9.17) is 0 Å². The number of amides is 1. The maximum atomic E-state index is 12.4. The Morgan fingerprint density at radius 1 is 1.50 bits per heavy atom. The third kappa shape index (κ3) is 2.63. The van der Waals surface area contributed by atoms with E-state index in [9.17, 15) is 14.9 Å². The van der Waals surface area contributed by atoms with Gasteiger partial charge in [0.15, 0.2) is 0 Å². The molecule has 8 nitrogen and oxygen atoms in total. The Morgan fingerprint density at radius 3 is 2.85 bits per heavy atom. The molecule has 2 rings (SSSR count). The van der Waals surface area contributed by atoms with Crippen LogP contribution >= 0.6 is 0 Å². The number of hydrogen-bond acceptors (Lipinski definition) is 5. The van der Waals surface area contributed by atoms with Crippen LogP contribution < -0.4 is 0 Å². The summed E-state index contributed by atoms with van der Waals surface area (Å²) >= 11 is 0. The summed E-state index contributed by atoms with van der Waals surface area (Å²) in [6, 6.07) is 4.55. The third-order valence-corrected chi connectivity index (χ3v) is 2.86. The molecule has 2 aromatic rings. The van der Waals surface area contributed by atoms with Crippen molar-refractivity contribution < 1.29 is 9.72 Å². The number of nitro benzene ring substituents is 1. The van der Waals surface area contributed by atoms with E-state index in [-0.39, 0.29) is 17.8 Å². The number of aromatic nitrogens is 3. The molecule has 0 fully saturated rings. The predicted molar refractivity (Wildman–Crippen MR) is 70.0 cm³/mol. The van der Waals surface area contributed by atoms with Gasteiger partial charge in [-0.05, 0) is 12.5 Å². The van der Waals surface area contributed by atoms with E-state index in [1.807, 2.05) is 0 Å². The van der Waals surface area contributed by atoms with E-state index in [0.29, 0.717) is 11.4 Å². The van der Waals surface area contributed by atoms with Crippen molar-refractivity contribution in [2.45, 2.75) is 13.5 Å². The van der Waals surface area contributed by atoms with E-state index in [1.165, 1.54) is 17.3 Å². The molecule has 0 saturated heterocycles. The van der Waals surface area contributed by atoms with Gasteiger partial charge < -0.3 is 4.90 Å². The Morgan fingerprint density at radius 2 is 2.25 bits per heavy atom. The van der Waals surface area contributed by atoms with Crippen molar-refractivity contribution in [2.75, 3.05) is 7.05 Å². The highest BCUT2D eigenvalue weighted by Gasteiger charge is 2.25. The van der Waals surface area contributed by atoms with Crippen LogP contribution in [0.5, 0.6) is 0 Å². The third-order valence-electron chi connectivity index (χ3n) is 2.86. The summed E-state index contributed by atoms with van der Waals surface area (Å²) in [5.74, 6) is 0.0864. The number of benzene rings is 1. The Hall–Kier alpha value is -2.77. The lowest BCUT2D eigenvalue weighted by Crippen LogP contribution is -2.28. The van der Waals surface area contributed by atoms with Crippen LogP contribution in [0.2, 0.25) is 0 Å². The van der Waals surface area contributed by atoms with Gasteiger partial charge in [-0.1, -0.05) is 12.1 Å². The van der Waals surface area contributed by atoms with E-state index in [1.54, 1.807) is 26.1 Å². The lowest BCUT2D eigenvalue weighted by molar-refractivity contribution is -0.385. The van der Waals surface area contributed by atoms with Crippen LogP contribution in [0, 0.1) is 17.0 Å². The fraction of sp³-hybridized carbons (Fsp3) is 0.250. The van der Waals surface area contributed by atoms with Crippen LogP contribution in [0.25, 0.3) is 0 Å². The highest BCUT2D eigenvalue weighted by molar-refractivity contribution is 5.99. The van der Waals surface area contributed by atoms with Gasteiger partial charge in [0.1, 0.15) is 17.7 Å². The lowest BCUT2D eigenvalue weighted by atomic mass is 10.1. The minimum absolute atomic E-state index is 0.0968. The SMILES string of the molecule is Cc1cccc([N+](=O)[O-])c1C(=O)N(C)Cc1ncn[nH]1. The van der Waals surface area contributed by atoms with Crippen LogP contribution in [-0.4, -0.2) is 38.0 Å². The maximum absolute atomic E-state index is 12.4. The van der Waals surface area contributed by atoms with Gasteiger partial charge in [0.25, 0.3) is 11.6 Å². The molecule has 20 heavy (non-hydrogen) atoms. The number of rotatable bonds is 4. The second-order valence-electron chi connectivity index (χ2n) is 4.32. The lowest BCUT2D eigenvalue weighted by Gasteiger charge is -2.16. The minimum atomic E-state index is -0.553. The van der Waals surface area contributed by atoms with E-state index in [0.717, 1.165) is 0 Å². The van der Waals surface area contributed by atoms with Gasteiger partial charge in [0, 0.05) is 13.1 Å². The van der Waals surface area contributed by atoms with E-state index < -0.39 is 10.8 Å². The van der Waals surface area contributed by atoms with Crippen molar-refractivity contribution >= 4 is 11.6 Å². The zero-order valence-corrected chi connectivity index (χ0v) is 11.0. The van der Waals surface area contributed by atoms with Gasteiger partial charge in [-0.15, -0.1) is 0 Å². The second kappa shape index (κ2) is 5.47. The molecule has 0 saturated carbocycles. The number of aryl methyl sites for hydroxylation is 1. The Kier molecular flexibility index (Phi) is 3.74. The van der Waals surface area contributed by atoms with Gasteiger partial charge in [0.05, 0.1) is 11.5 Å². The summed E-state index contributed by atoms with van der Waals surface area (Å²) in [5.41, 5.74) is 0.465. The number of nitrogens with zero attached hydrogens (tertiary/aromatic N) is 4. The molecule has 1 N–H and O–H groups in total. The number of carbonyl (C=O) groups is 1. The van der Waals surface area contributed by atoms with Crippen LogP contribution in [0.4, 0.5) is 5.69 Å². The van der Waals surface area contributed by atoms with Crippen LogP contribution in [0.15, 0.2) is 24.5 Å². The molecule has 8 heteroatoms. The summed E-state index contributed by atoms with van der Waals surface area (Å²) in [7, 11) is 1.56. The summed E-state index contributed by atoms with van der Waals surface area (Å²) in [6.07, 6.45) is 1.34. The molecule has 0 spiro atoms. The van der Waals surface area contributed by atoms with Gasteiger partial charge in [-0.25, -0.2) is 4.98 Å². The molecule has 0 aliphatic carbocycles. The van der Waals surface area contributed by atoms with Crippen LogP contribution in [-0.2, 0) is 6.54 Å². The molecule has 1 aromatic carbocycles. The largest absolute Gasteiger partial charge is 0.334 e. The van der Waals surface area contributed by atoms with Gasteiger partial charge >= 0.3 is 0 Å². The first kappa shape index (κ1) is 13.7. The van der Waals surface area contributed by atoms with Gasteiger partial charge in [-0.2, -0.15) is 5.10 Å². The molecule has 0 atom stereocenters. The van der Waals surface area contributed by atoms with Gasteiger partial charge in [-0.3, -0.25) is 20.0 Å².